The lowest BCUT2D eigenvalue weighted by Gasteiger charge is -2.06. The minimum atomic E-state index is -4.03. The molecule has 1 aromatic carbocycles. The Balaban J connectivity index is 2.26. The van der Waals surface area contributed by atoms with Crippen molar-refractivity contribution >= 4 is 27.4 Å². The molecule has 2 rings (SSSR count). The molecule has 5 nitrogen and oxygen atoms in total. The monoisotopic (exact) mass is 317 g/mol. The van der Waals surface area contributed by atoms with Crippen LogP contribution in [0.25, 0.3) is 0 Å². The van der Waals surface area contributed by atoms with Crippen molar-refractivity contribution < 1.29 is 12.8 Å². The summed E-state index contributed by atoms with van der Waals surface area (Å²) in [7, 11) is -4.03. The zero-order chi connectivity index (χ0) is 14.8. The number of nitrogens with zero attached hydrogens (tertiary/aromatic N) is 1. The minimum absolute atomic E-state index is 0.128. The number of hydrogen-bond acceptors (Lipinski definition) is 3. The van der Waals surface area contributed by atoms with Crippen LogP contribution >= 0.6 is 11.6 Å². The lowest BCUT2D eigenvalue weighted by atomic mass is 10.2. The van der Waals surface area contributed by atoms with Gasteiger partial charge in [-0.15, -0.1) is 0 Å². The Morgan fingerprint density at radius 1 is 1.40 bits per heavy atom. The fraction of sp³-hybridized carbons (Fsp3) is 0.250. The molecule has 0 bridgehead atoms. The number of benzene rings is 1. The Morgan fingerprint density at radius 3 is 2.80 bits per heavy atom. The zero-order valence-electron chi connectivity index (χ0n) is 10.7. The molecule has 0 atom stereocenters. The predicted octanol–water partition coefficient (Wildman–Crippen LogP) is 2.96. The van der Waals surface area contributed by atoms with Crippen LogP contribution in [0.2, 0.25) is 5.02 Å². The van der Waals surface area contributed by atoms with Crippen molar-refractivity contribution in [2.75, 3.05) is 4.72 Å². The second-order valence-corrected chi connectivity index (χ2v) is 6.30. The largest absolute Gasteiger partial charge is 0.280 e. The van der Waals surface area contributed by atoms with E-state index < -0.39 is 20.7 Å². The molecule has 108 valence electrons. The summed E-state index contributed by atoms with van der Waals surface area (Å²) in [6, 6.07) is 4.95. The number of halogens is 2. The van der Waals surface area contributed by atoms with Gasteiger partial charge in [-0.1, -0.05) is 24.9 Å². The van der Waals surface area contributed by atoms with Crippen LogP contribution in [-0.2, 0) is 16.4 Å². The first-order valence-corrected chi connectivity index (χ1v) is 7.80. The molecular weight excluding hydrogens is 305 g/mol. The number of sulfonamides is 1. The van der Waals surface area contributed by atoms with E-state index in [-0.39, 0.29) is 10.8 Å². The molecule has 0 aliphatic carbocycles. The second-order valence-electron chi connectivity index (χ2n) is 4.21. The smallest absolute Gasteiger partial charge is 0.266 e. The van der Waals surface area contributed by atoms with Gasteiger partial charge < -0.3 is 0 Å². The van der Waals surface area contributed by atoms with E-state index in [1.165, 1.54) is 6.07 Å². The van der Waals surface area contributed by atoms with Gasteiger partial charge in [-0.2, -0.15) is 5.10 Å². The third-order valence-corrected chi connectivity index (χ3v) is 4.20. The van der Waals surface area contributed by atoms with Gasteiger partial charge in [0.2, 0.25) is 0 Å². The van der Waals surface area contributed by atoms with Crippen molar-refractivity contribution in [1.82, 2.24) is 10.2 Å². The summed E-state index contributed by atoms with van der Waals surface area (Å²) in [5, 5.41) is 6.67. The number of H-pyrrole nitrogens is 1. The molecule has 0 fully saturated rings. The second kappa shape index (κ2) is 5.80. The van der Waals surface area contributed by atoms with Crippen LogP contribution < -0.4 is 4.72 Å². The van der Waals surface area contributed by atoms with Crippen molar-refractivity contribution in [2.45, 2.75) is 24.7 Å². The maximum absolute atomic E-state index is 13.6. The van der Waals surface area contributed by atoms with Crippen molar-refractivity contribution in [3.8, 4) is 0 Å². The van der Waals surface area contributed by atoms with E-state index in [0.717, 1.165) is 30.7 Å². The molecule has 0 aliphatic rings. The molecule has 20 heavy (non-hydrogen) atoms. The summed E-state index contributed by atoms with van der Waals surface area (Å²) in [6.07, 6.45) is 1.66. The number of aryl methyl sites for hydroxylation is 1. The molecule has 2 aromatic rings. The van der Waals surface area contributed by atoms with E-state index in [0.29, 0.717) is 0 Å². The SMILES string of the molecule is CCCc1cc(NS(=O)(=O)c2ccc(Cl)cc2F)n[nH]1. The third kappa shape index (κ3) is 3.29. The zero-order valence-corrected chi connectivity index (χ0v) is 12.2. The van der Waals surface area contributed by atoms with Gasteiger partial charge in [0, 0.05) is 16.8 Å². The van der Waals surface area contributed by atoms with Gasteiger partial charge in [-0.05, 0) is 24.6 Å². The minimum Gasteiger partial charge on any atom is -0.280 e. The number of hydrogen-bond donors (Lipinski definition) is 2. The Hall–Kier alpha value is -1.60. The van der Waals surface area contributed by atoms with Gasteiger partial charge in [0.15, 0.2) is 5.82 Å². The first-order chi connectivity index (χ1) is 9.42. The summed E-state index contributed by atoms with van der Waals surface area (Å²) in [6.45, 7) is 1.99. The van der Waals surface area contributed by atoms with E-state index in [1.807, 2.05) is 6.92 Å². The maximum atomic E-state index is 13.6. The van der Waals surface area contributed by atoms with Crippen LogP contribution in [0.3, 0.4) is 0 Å². The molecule has 1 aromatic heterocycles. The molecule has 0 radical (unpaired) electrons. The highest BCUT2D eigenvalue weighted by atomic mass is 35.5. The summed E-state index contributed by atoms with van der Waals surface area (Å²) in [5.74, 6) is -0.780. The van der Waals surface area contributed by atoms with Crippen LogP contribution in [0, 0.1) is 5.82 Å². The van der Waals surface area contributed by atoms with E-state index in [9.17, 15) is 12.8 Å². The van der Waals surface area contributed by atoms with Crippen molar-refractivity contribution in [3.05, 3.63) is 40.8 Å². The predicted molar refractivity (Wildman–Crippen MR) is 74.8 cm³/mol. The average Bonchev–Trinajstić information content (AvgIpc) is 2.75. The van der Waals surface area contributed by atoms with E-state index >= 15 is 0 Å². The molecule has 2 N–H and O–H groups in total. The molecule has 0 saturated heterocycles. The van der Waals surface area contributed by atoms with Crippen LogP contribution in [0.15, 0.2) is 29.2 Å². The van der Waals surface area contributed by atoms with Gasteiger partial charge >= 0.3 is 0 Å². The highest BCUT2D eigenvalue weighted by Crippen LogP contribution is 2.21. The fourth-order valence-corrected chi connectivity index (χ4v) is 2.91. The third-order valence-electron chi connectivity index (χ3n) is 2.57. The number of rotatable bonds is 5. The van der Waals surface area contributed by atoms with Crippen molar-refractivity contribution in [3.63, 3.8) is 0 Å². The molecule has 0 amide bonds. The molecule has 0 unspecified atom stereocenters. The Kier molecular flexibility index (Phi) is 4.29. The van der Waals surface area contributed by atoms with Gasteiger partial charge in [0.05, 0.1) is 0 Å². The molecule has 8 heteroatoms. The lowest BCUT2D eigenvalue weighted by molar-refractivity contribution is 0.570. The average molecular weight is 318 g/mol. The number of nitrogens with one attached hydrogen (secondary N) is 2. The van der Waals surface area contributed by atoms with Crippen LogP contribution in [-0.4, -0.2) is 18.6 Å². The Bertz CT molecular complexity index is 715. The summed E-state index contributed by atoms with van der Waals surface area (Å²) in [4.78, 5) is -0.470. The normalized spacial score (nSPS) is 11.6. The highest BCUT2D eigenvalue weighted by Gasteiger charge is 2.20. The maximum Gasteiger partial charge on any atom is 0.266 e. The highest BCUT2D eigenvalue weighted by molar-refractivity contribution is 7.92. The van der Waals surface area contributed by atoms with Crippen LogP contribution in [0.4, 0.5) is 10.2 Å². The van der Waals surface area contributed by atoms with Gasteiger partial charge in [0.1, 0.15) is 10.7 Å². The molecular formula is C12H13ClFN3O2S. The summed E-state index contributed by atoms with van der Waals surface area (Å²) < 4.78 is 40.0. The van der Waals surface area contributed by atoms with E-state index in [4.69, 9.17) is 11.6 Å². The van der Waals surface area contributed by atoms with Gasteiger partial charge in [-0.3, -0.25) is 9.82 Å². The van der Waals surface area contributed by atoms with Gasteiger partial charge in [-0.25, -0.2) is 12.8 Å². The van der Waals surface area contributed by atoms with Crippen molar-refractivity contribution in [1.29, 1.82) is 0 Å². The van der Waals surface area contributed by atoms with Crippen molar-refractivity contribution in [2.24, 2.45) is 0 Å². The molecule has 0 saturated carbocycles. The van der Waals surface area contributed by atoms with E-state index in [2.05, 4.69) is 14.9 Å². The van der Waals surface area contributed by atoms with Crippen LogP contribution in [0.1, 0.15) is 19.0 Å². The Morgan fingerprint density at radius 2 is 2.15 bits per heavy atom. The van der Waals surface area contributed by atoms with Crippen LogP contribution in [0.5, 0.6) is 0 Å². The fourth-order valence-electron chi connectivity index (χ4n) is 1.70. The summed E-state index contributed by atoms with van der Waals surface area (Å²) in [5.41, 5.74) is 0.807. The Labute approximate surface area is 121 Å². The molecule has 0 spiro atoms. The first kappa shape index (κ1) is 14.8. The molecule has 0 aliphatic heterocycles. The number of anilines is 1. The standard InChI is InChI=1S/C12H13ClFN3O2S/c1-2-3-9-7-12(16-15-9)17-20(18,19)11-5-4-8(13)6-10(11)14/h4-7H,2-3H2,1H3,(H2,15,16,17). The van der Waals surface area contributed by atoms with E-state index in [1.54, 1.807) is 6.07 Å². The quantitative estimate of drug-likeness (QED) is 0.890. The topological polar surface area (TPSA) is 74.8 Å². The lowest BCUT2D eigenvalue weighted by Crippen LogP contribution is -2.14. The molecule has 1 heterocycles. The number of aromatic nitrogens is 2. The van der Waals surface area contributed by atoms with Gasteiger partial charge in [0.25, 0.3) is 10.0 Å². The first-order valence-electron chi connectivity index (χ1n) is 5.94. The summed E-state index contributed by atoms with van der Waals surface area (Å²) >= 11 is 5.59. The number of aromatic amines is 1.